The van der Waals surface area contributed by atoms with Crippen molar-refractivity contribution in [1.29, 1.82) is 0 Å². The maximum absolute atomic E-state index is 12.3. The first kappa shape index (κ1) is 34.8. The Hall–Kier alpha value is -5.49. The van der Waals surface area contributed by atoms with Crippen LogP contribution < -0.4 is 11.1 Å². The molecule has 1 aliphatic heterocycles. The quantitative estimate of drug-likeness (QED) is 0.147. The van der Waals surface area contributed by atoms with Crippen LogP contribution in [-0.4, -0.2) is 23.3 Å². The van der Waals surface area contributed by atoms with Gasteiger partial charge in [0.25, 0.3) is 0 Å². The summed E-state index contributed by atoms with van der Waals surface area (Å²) in [5, 5.41) is 14.6. The van der Waals surface area contributed by atoms with E-state index >= 15 is 0 Å². The van der Waals surface area contributed by atoms with E-state index in [9.17, 15) is 9.90 Å². The molecule has 0 bridgehead atoms. The summed E-state index contributed by atoms with van der Waals surface area (Å²) in [7, 11) is 0. The summed E-state index contributed by atoms with van der Waals surface area (Å²) in [4.78, 5) is 12.3. The van der Waals surface area contributed by atoms with E-state index < -0.39 is 17.2 Å². The fraction of sp³-hybridized carbons (Fsp3) is 0.159. The Kier molecular flexibility index (Phi) is 11.4. The molecule has 0 radical (unpaired) electrons. The second kappa shape index (κ2) is 16.1. The van der Waals surface area contributed by atoms with E-state index in [2.05, 4.69) is 17.4 Å². The lowest BCUT2D eigenvalue weighted by Crippen LogP contribution is -2.47. The topological polar surface area (TPSA) is 84.6 Å². The second-order valence-electron chi connectivity index (χ2n) is 12.0. The smallest absolute Gasteiger partial charge is 0.408 e. The number of nitrogens with one attached hydrogen (secondary N) is 1. The highest BCUT2D eigenvalue weighted by molar-refractivity contribution is 5.73. The SMILES string of the molecule is C.N[C@@H](Cc1ccccc1)C(O)(c1ccccc1)c1ccccc1.O=C1N[C@@H](Cc2ccccc2)C(c2ccccc2)(c2ccccc2)O1. The van der Waals surface area contributed by atoms with E-state index in [1.165, 1.54) is 0 Å². The first-order valence-corrected chi connectivity index (χ1v) is 16.3. The zero-order valence-electron chi connectivity index (χ0n) is 26.7. The Morgan fingerprint density at radius 3 is 1.41 bits per heavy atom. The number of amides is 1. The summed E-state index contributed by atoms with van der Waals surface area (Å²) < 4.78 is 5.96. The molecule has 0 saturated carbocycles. The highest BCUT2D eigenvalue weighted by atomic mass is 16.6. The molecule has 6 aromatic carbocycles. The molecule has 0 unspecified atom stereocenters. The maximum Gasteiger partial charge on any atom is 0.408 e. The Labute approximate surface area is 290 Å². The van der Waals surface area contributed by atoms with Crippen molar-refractivity contribution < 1.29 is 14.6 Å². The molecule has 5 nitrogen and oxygen atoms in total. The molecule has 2 atom stereocenters. The summed E-state index contributed by atoms with van der Waals surface area (Å²) in [6.45, 7) is 0. The van der Waals surface area contributed by atoms with Crippen LogP contribution >= 0.6 is 0 Å². The minimum Gasteiger partial charge on any atom is -0.431 e. The molecule has 6 aromatic rings. The van der Waals surface area contributed by atoms with Gasteiger partial charge < -0.3 is 20.9 Å². The van der Waals surface area contributed by atoms with E-state index in [0.29, 0.717) is 12.8 Å². The summed E-state index contributed by atoms with van der Waals surface area (Å²) in [6, 6.07) is 58.8. The standard InChI is InChI=1S/C22H19NO2.C21H21NO.CH4/c24-21-23-20(16-17-10-4-1-5-11-17)22(25-21,18-12-6-2-7-13-18)19-14-8-3-9-15-19;22-20(16-17-10-4-1-5-11-17)21(23,18-12-6-2-7-13-18)19-14-8-3-9-15-19;/h1-15,20H,16H2,(H,23,24);1-15,20,23H,16,22H2;1H4/t2*20-;/m00./s1. The second-order valence-corrected chi connectivity index (χ2v) is 12.0. The number of alkyl carbamates (subject to hydrolysis) is 1. The maximum atomic E-state index is 12.3. The lowest BCUT2D eigenvalue weighted by Gasteiger charge is -2.35. The van der Waals surface area contributed by atoms with Gasteiger partial charge in [-0.05, 0) is 35.1 Å². The first-order chi connectivity index (χ1) is 23.5. The highest BCUT2D eigenvalue weighted by Crippen LogP contribution is 2.41. The van der Waals surface area contributed by atoms with Crippen LogP contribution in [0.5, 0.6) is 0 Å². The number of ether oxygens (including phenoxy) is 1. The number of hydrogen-bond acceptors (Lipinski definition) is 4. The van der Waals surface area contributed by atoms with E-state index in [1.807, 2.05) is 170 Å². The molecule has 4 N–H and O–H groups in total. The summed E-state index contributed by atoms with van der Waals surface area (Å²) in [5.41, 5.74) is 10.3. The Morgan fingerprint density at radius 1 is 0.612 bits per heavy atom. The van der Waals surface area contributed by atoms with E-state index in [4.69, 9.17) is 10.5 Å². The van der Waals surface area contributed by atoms with Gasteiger partial charge in [-0.15, -0.1) is 0 Å². The number of rotatable bonds is 9. The third kappa shape index (κ3) is 7.65. The third-order valence-corrected chi connectivity index (χ3v) is 8.99. The fourth-order valence-electron chi connectivity index (χ4n) is 6.59. The van der Waals surface area contributed by atoms with E-state index in [0.717, 1.165) is 33.4 Å². The number of carbonyl (C=O) groups excluding carboxylic acids is 1. The van der Waals surface area contributed by atoms with Gasteiger partial charge in [0.2, 0.25) is 0 Å². The normalized spacial score (nSPS) is 15.4. The Bertz CT molecular complexity index is 1770. The van der Waals surface area contributed by atoms with E-state index in [1.54, 1.807) is 0 Å². The van der Waals surface area contributed by atoms with Gasteiger partial charge in [-0.3, -0.25) is 0 Å². The van der Waals surface area contributed by atoms with E-state index in [-0.39, 0.29) is 19.6 Å². The lowest BCUT2D eigenvalue weighted by atomic mass is 9.78. The van der Waals surface area contributed by atoms with Crippen LogP contribution in [-0.2, 0) is 28.8 Å². The molecule has 0 spiro atoms. The minimum atomic E-state index is -1.22. The molecular weight excluding hydrogens is 604 g/mol. The van der Waals surface area contributed by atoms with Crippen molar-refractivity contribution in [1.82, 2.24) is 5.32 Å². The highest BCUT2D eigenvalue weighted by Gasteiger charge is 2.51. The molecule has 248 valence electrons. The molecule has 1 amide bonds. The Balaban J connectivity index is 0.000000188. The van der Waals surface area contributed by atoms with Crippen LogP contribution in [0, 0.1) is 0 Å². The van der Waals surface area contributed by atoms with Crippen LogP contribution in [0.3, 0.4) is 0 Å². The molecule has 49 heavy (non-hydrogen) atoms. The first-order valence-electron chi connectivity index (χ1n) is 16.3. The summed E-state index contributed by atoms with van der Waals surface area (Å²) >= 11 is 0. The number of hydrogen-bond donors (Lipinski definition) is 3. The van der Waals surface area contributed by atoms with Gasteiger partial charge >= 0.3 is 6.09 Å². The molecule has 1 fully saturated rings. The van der Waals surface area contributed by atoms with Crippen molar-refractivity contribution >= 4 is 6.09 Å². The Morgan fingerprint density at radius 2 is 0.980 bits per heavy atom. The van der Waals surface area contributed by atoms with Crippen LogP contribution in [0.4, 0.5) is 4.79 Å². The van der Waals surface area contributed by atoms with Crippen molar-refractivity contribution in [3.63, 3.8) is 0 Å². The van der Waals surface area contributed by atoms with Gasteiger partial charge in [0, 0.05) is 17.2 Å². The van der Waals surface area contributed by atoms with Crippen molar-refractivity contribution in [2.45, 2.75) is 43.6 Å². The number of benzene rings is 6. The zero-order valence-corrected chi connectivity index (χ0v) is 26.7. The van der Waals surface area contributed by atoms with Crippen LogP contribution in [0.2, 0.25) is 0 Å². The monoisotopic (exact) mass is 648 g/mol. The van der Waals surface area contributed by atoms with Gasteiger partial charge in [0.15, 0.2) is 5.60 Å². The van der Waals surface area contributed by atoms with Gasteiger partial charge in [-0.2, -0.15) is 0 Å². The van der Waals surface area contributed by atoms with Crippen molar-refractivity contribution in [3.8, 4) is 0 Å². The number of carbonyl (C=O) groups is 1. The average Bonchev–Trinajstić information content (AvgIpc) is 3.49. The molecule has 7 rings (SSSR count). The predicted molar refractivity (Wildman–Crippen MR) is 198 cm³/mol. The summed E-state index contributed by atoms with van der Waals surface area (Å²) in [5.74, 6) is 0. The van der Waals surface area contributed by atoms with Gasteiger partial charge in [0.05, 0.1) is 6.04 Å². The summed E-state index contributed by atoms with van der Waals surface area (Å²) in [6.07, 6.45) is 0.908. The fourth-order valence-corrected chi connectivity index (χ4v) is 6.59. The minimum absolute atomic E-state index is 0. The molecule has 1 heterocycles. The van der Waals surface area contributed by atoms with Gasteiger partial charge in [-0.1, -0.05) is 189 Å². The molecule has 0 aliphatic carbocycles. The third-order valence-electron chi connectivity index (χ3n) is 8.99. The average molecular weight is 649 g/mol. The molecule has 5 heteroatoms. The van der Waals surface area contributed by atoms with Gasteiger partial charge in [0.1, 0.15) is 5.60 Å². The zero-order chi connectivity index (χ0) is 33.2. The lowest BCUT2D eigenvalue weighted by molar-refractivity contribution is 0.0516. The van der Waals surface area contributed by atoms with Crippen molar-refractivity contribution in [2.24, 2.45) is 5.73 Å². The molecule has 1 aliphatic rings. The van der Waals surface area contributed by atoms with Crippen LogP contribution in [0.25, 0.3) is 0 Å². The molecular formula is C44H44N2O3. The van der Waals surface area contributed by atoms with Crippen LogP contribution in [0.15, 0.2) is 182 Å². The number of aliphatic hydroxyl groups is 1. The molecule has 0 aromatic heterocycles. The largest absolute Gasteiger partial charge is 0.431 e. The number of nitrogens with two attached hydrogens (primary N) is 1. The van der Waals surface area contributed by atoms with Crippen LogP contribution in [0.1, 0.15) is 40.8 Å². The molecule has 1 saturated heterocycles. The predicted octanol–water partition coefficient (Wildman–Crippen LogP) is 8.41. The van der Waals surface area contributed by atoms with Crippen molar-refractivity contribution in [3.05, 3.63) is 215 Å². The van der Waals surface area contributed by atoms with Gasteiger partial charge in [-0.25, -0.2) is 4.79 Å². The number of cyclic esters (lactones) is 1. The van der Waals surface area contributed by atoms with Crippen molar-refractivity contribution in [2.75, 3.05) is 0 Å².